The van der Waals surface area contributed by atoms with Crippen LogP contribution in [0.25, 0.3) is 10.9 Å². The number of rotatable bonds is 1. The molecule has 1 saturated heterocycles. The largest absolute Gasteiger partial charge is 0.378 e. The van der Waals surface area contributed by atoms with Gasteiger partial charge in [-0.25, -0.2) is 0 Å². The molecule has 0 N–H and O–H groups in total. The van der Waals surface area contributed by atoms with Crippen LogP contribution in [-0.4, -0.2) is 31.3 Å². The third kappa shape index (κ3) is 1.95. The first-order chi connectivity index (χ1) is 8.75. The molecule has 1 fully saturated rings. The summed E-state index contributed by atoms with van der Waals surface area (Å²) in [6, 6.07) is 8.59. The highest BCUT2D eigenvalue weighted by Crippen LogP contribution is 2.28. The van der Waals surface area contributed by atoms with Crippen molar-refractivity contribution in [2.45, 2.75) is 13.8 Å². The first-order valence-corrected chi connectivity index (χ1v) is 6.45. The van der Waals surface area contributed by atoms with Crippen molar-refractivity contribution in [2.24, 2.45) is 0 Å². The first-order valence-electron chi connectivity index (χ1n) is 6.45. The minimum Gasteiger partial charge on any atom is -0.378 e. The van der Waals surface area contributed by atoms with E-state index >= 15 is 0 Å². The molecule has 0 atom stereocenters. The van der Waals surface area contributed by atoms with Gasteiger partial charge in [-0.1, -0.05) is 18.2 Å². The number of benzene rings is 1. The van der Waals surface area contributed by atoms with Crippen LogP contribution in [0.15, 0.2) is 24.3 Å². The molecule has 0 radical (unpaired) electrons. The van der Waals surface area contributed by atoms with Gasteiger partial charge >= 0.3 is 0 Å². The number of aromatic nitrogens is 1. The van der Waals surface area contributed by atoms with Crippen LogP contribution in [0.5, 0.6) is 0 Å². The second kappa shape index (κ2) is 4.58. The van der Waals surface area contributed by atoms with Crippen molar-refractivity contribution < 1.29 is 4.74 Å². The topological polar surface area (TPSA) is 25.4 Å². The zero-order chi connectivity index (χ0) is 12.5. The van der Waals surface area contributed by atoms with Gasteiger partial charge in [0.25, 0.3) is 0 Å². The lowest BCUT2D eigenvalue weighted by molar-refractivity contribution is 0.123. The van der Waals surface area contributed by atoms with Crippen LogP contribution in [0.4, 0.5) is 5.69 Å². The van der Waals surface area contributed by atoms with E-state index in [0.29, 0.717) is 0 Å². The Morgan fingerprint density at radius 2 is 1.94 bits per heavy atom. The van der Waals surface area contributed by atoms with E-state index in [4.69, 9.17) is 4.74 Å². The molecule has 1 aromatic heterocycles. The molecule has 0 amide bonds. The van der Waals surface area contributed by atoms with Crippen LogP contribution in [-0.2, 0) is 4.74 Å². The van der Waals surface area contributed by atoms with Gasteiger partial charge in [0.15, 0.2) is 0 Å². The van der Waals surface area contributed by atoms with Crippen molar-refractivity contribution in [3.63, 3.8) is 0 Å². The molecule has 0 aliphatic carbocycles. The van der Waals surface area contributed by atoms with E-state index in [0.717, 1.165) is 37.5 Å². The fourth-order valence-corrected chi connectivity index (χ4v) is 2.56. The summed E-state index contributed by atoms with van der Waals surface area (Å²) in [6.45, 7) is 7.75. The van der Waals surface area contributed by atoms with Crippen molar-refractivity contribution in [1.82, 2.24) is 4.98 Å². The highest BCUT2D eigenvalue weighted by Gasteiger charge is 2.15. The van der Waals surface area contributed by atoms with Crippen molar-refractivity contribution >= 4 is 16.6 Å². The van der Waals surface area contributed by atoms with E-state index in [1.165, 1.54) is 16.6 Å². The standard InChI is InChI=1S/C15H18N2O/c1-11-4-3-5-13-14(10-12(2)16-15(11)13)17-6-8-18-9-7-17/h3-5,10H,6-9H2,1-2H3. The third-order valence-corrected chi connectivity index (χ3v) is 3.50. The Bertz CT molecular complexity index is 574. The molecule has 1 aliphatic rings. The fraction of sp³-hybridized carbons (Fsp3) is 0.400. The lowest BCUT2D eigenvalue weighted by Gasteiger charge is -2.30. The van der Waals surface area contributed by atoms with Gasteiger partial charge in [-0.3, -0.25) is 4.98 Å². The van der Waals surface area contributed by atoms with Gasteiger partial charge < -0.3 is 9.64 Å². The minimum atomic E-state index is 0.814. The van der Waals surface area contributed by atoms with Gasteiger partial charge in [0.2, 0.25) is 0 Å². The number of hydrogen-bond acceptors (Lipinski definition) is 3. The van der Waals surface area contributed by atoms with E-state index in [9.17, 15) is 0 Å². The Morgan fingerprint density at radius 3 is 2.72 bits per heavy atom. The molecule has 94 valence electrons. The zero-order valence-corrected chi connectivity index (χ0v) is 10.9. The van der Waals surface area contributed by atoms with Crippen molar-refractivity contribution in [3.05, 3.63) is 35.5 Å². The molecule has 1 aromatic carbocycles. The lowest BCUT2D eigenvalue weighted by atomic mass is 10.1. The molecule has 3 rings (SSSR count). The highest BCUT2D eigenvalue weighted by atomic mass is 16.5. The summed E-state index contributed by atoms with van der Waals surface area (Å²) in [7, 11) is 0. The van der Waals surface area contributed by atoms with Crippen LogP contribution in [0, 0.1) is 13.8 Å². The summed E-state index contributed by atoms with van der Waals surface area (Å²) in [4.78, 5) is 7.08. The van der Waals surface area contributed by atoms with Gasteiger partial charge in [-0.15, -0.1) is 0 Å². The highest BCUT2D eigenvalue weighted by molar-refractivity contribution is 5.93. The van der Waals surface area contributed by atoms with Crippen molar-refractivity contribution in [1.29, 1.82) is 0 Å². The number of aryl methyl sites for hydroxylation is 2. The van der Waals surface area contributed by atoms with E-state index in [1.54, 1.807) is 0 Å². The van der Waals surface area contributed by atoms with Gasteiger partial charge in [-0.05, 0) is 25.5 Å². The molecule has 3 heteroatoms. The zero-order valence-electron chi connectivity index (χ0n) is 10.9. The van der Waals surface area contributed by atoms with Gasteiger partial charge in [0, 0.05) is 29.9 Å². The smallest absolute Gasteiger partial charge is 0.0755 e. The number of anilines is 1. The molecular formula is C15H18N2O. The number of para-hydroxylation sites is 1. The maximum Gasteiger partial charge on any atom is 0.0755 e. The number of fused-ring (bicyclic) bond motifs is 1. The fourth-order valence-electron chi connectivity index (χ4n) is 2.56. The molecule has 18 heavy (non-hydrogen) atoms. The molecule has 3 nitrogen and oxygen atoms in total. The number of hydrogen-bond donors (Lipinski definition) is 0. The van der Waals surface area contributed by atoms with Gasteiger partial charge in [0.05, 0.1) is 18.7 Å². The summed E-state index contributed by atoms with van der Waals surface area (Å²) in [5.74, 6) is 0. The predicted molar refractivity (Wildman–Crippen MR) is 74.2 cm³/mol. The number of ether oxygens (including phenoxy) is 1. The summed E-state index contributed by atoms with van der Waals surface area (Å²) in [5, 5.41) is 1.25. The third-order valence-electron chi connectivity index (χ3n) is 3.50. The van der Waals surface area contributed by atoms with E-state index < -0.39 is 0 Å². The average Bonchev–Trinajstić information content (AvgIpc) is 2.40. The van der Waals surface area contributed by atoms with Crippen LogP contribution >= 0.6 is 0 Å². The maximum atomic E-state index is 5.43. The monoisotopic (exact) mass is 242 g/mol. The lowest BCUT2D eigenvalue weighted by Crippen LogP contribution is -2.36. The van der Waals surface area contributed by atoms with E-state index in [2.05, 4.69) is 48.0 Å². The van der Waals surface area contributed by atoms with Crippen LogP contribution in [0.2, 0.25) is 0 Å². The van der Waals surface area contributed by atoms with Gasteiger partial charge in [-0.2, -0.15) is 0 Å². The van der Waals surface area contributed by atoms with E-state index in [-0.39, 0.29) is 0 Å². The Balaban J connectivity index is 2.18. The second-order valence-electron chi connectivity index (χ2n) is 4.85. The molecule has 1 aliphatic heterocycles. The number of nitrogens with zero attached hydrogens (tertiary/aromatic N) is 2. The Hall–Kier alpha value is -1.61. The molecule has 0 unspecified atom stereocenters. The average molecular weight is 242 g/mol. The summed E-state index contributed by atoms with van der Waals surface area (Å²) < 4.78 is 5.43. The van der Waals surface area contributed by atoms with Gasteiger partial charge in [0.1, 0.15) is 0 Å². The number of morpholine rings is 1. The second-order valence-corrected chi connectivity index (χ2v) is 4.85. The normalized spacial score (nSPS) is 16.2. The number of pyridine rings is 1. The quantitative estimate of drug-likeness (QED) is 0.768. The summed E-state index contributed by atoms with van der Waals surface area (Å²) >= 11 is 0. The maximum absolute atomic E-state index is 5.43. The predicted octanol–water partition coefficient (Wildman–Crippen LogP) is 2.69. The Morgan fingerprint density at radius 1 is 1.17 bits per heavy atom. The van der Waals surface area contributed by atoms with Crippen molar-refractivity contribution in [3.8, 4) is 0 Å². The molecular weight excluding hydrogens is 224 g/mol. The minimum absolute atomic E-state index is 0.814. The molecule has 0 bridgehead atoms. The Labute approximate surface area is 107 Å². The summed E-state index contributed by atoms with van der Waals surface area (Å²) in [5.41, 5.74) is 4.74. The molecule has 0 spiro atoms. The van der Waals surface area contributed by atoms with Crippen LogP contribution in [0.3, 0.4) is 0 Å². The Kier molecular flexibility index (Phi) is 2.92. The molecule has 2 heterocycles. The molecule has 2 aromatic rings. The van der Waals surface area contributed by atoms with Crippen LogP contribution in [0.1, 0.15) is 11.3 Å². The summed E-state index contributed by atoms with van der Waals surface area (Å²) in [6.07, 6.45) is 0. The van der Waals surface area contributed by atoms with E-state index in [1.807, 2.05) is 0 Å². The van der Waals surface area contributed by atoms with Crippen molar-refractivity contribution in [2.75, 3.05) is 31.2 Å². The first kappa shape index (κ1) is 11.5. The molecule has 0 saturated carbocycles. The van der Waals surface area contributed by atoms with Crippen LogP contribution < -0.4 is 4.90 Å². The SMILES string of the molecule is Cc1cc(N2CCOCC2)c2cccc(C)c2n1.